The van der Waals surface area contributed by atoms with E-state index in [4.69, 9.17) is 46.4 Å². The average Bonchev–Trinajstić information content (AvgIpc) is 3.03. The molecule has 0 bridgehead atoms. The van der Waals surface area contributed by atoms with Crippen molar-refractivity contribution in [2.24, 2.45) is 0 Å². The van der Waals surface area contributed by atoms with Crippen LogP contribution in [0.1, 0.15) is 11.1 Å². The molecule has 6 aromatic rings. The molecule has 0 aliphatic rings. The molecule has 0 saturated carbocycles. The van der Waals surface area contributed by atoms with Gasteiger partial charge in [-0.15, -0.1) is 0 Å². The maximum Gasteiger partial charge on any atom is 0.0412 e. The van der Waals surface area contributed by atoms with Gasteiger partial charge in [-0.25, -0.2) is 0 Å². The SMILES string of the molecule is Clc1cccc(-c2cc(CBr)cc(-c3cccc(Cl)c3)c2-c2c(-c3cccc(Cl)c3)cc(CBr)cc2-c2cccc(Cl)c2)c1. The van der Waals surface area contributed by atoms with Gasteiger partial charge in [-0.3, -0.25) is 0 Å². The second-order valence-corrected chi connectivity index (χ2v) is 13.3. The first-order chi connectivity index (χ1) is 21.3. The summed E-state index contributed by atoms with van der Waals surface area (Å²) in [5.74, 6) is 0. The normalized spacial score (nSPS) is 11.1. The minimum atomic E-state index is 0.668. The first-order valence-electron chi connectivity index (χ1n) is 13.8. The summed E-state index contributed by atoms with van der Waals surface area (Å²) in [5.41, 5.74) is 12.6. The first-order valence-corrected chi connectivity index (χ1v) is 17.6. The van der Waals surface area contributed by atoms with E-state index in [1.165, 1.54) is 0 Å². The van der Waals surface area contributed by atoms with Crippen LogP contribution in [-0.2, 0) is 10.7 Å². The van der Waals surface area contributed by atoms with E-state index in [2.05, 4.69) is 80.4 Å². The van der Waals surface area contributed by atoms with E-state index >= 15 is 0 Å². The van der Waals surface area contributed by atoms with Crippen LogP contribution < -0.4 is 0 Å². The van der Waals surface area contributed by atoms with Gasteiger partial charge in [0.25, 0.3) is 0 Å². The molecule has 0 nitrogen and oxygen atoms in total. The molecule has 0 N–H and O–H groups in total. The van der Waals surface area contributed by atoms with Gasteiger partial charge in [0.1, 0.15) is 0 Å². The lowest BCUT2D eigenvalue weighted by Gasteiger charge is -2.24. The van der Waals surface area contributed by atoms with Crippen LogP contribution in [0.3, 0.4) is 0 Å². The largest absolute Gasteiger partial charge is 0.0876 e. The predicted octanol–water partition coefficient (Wildman–Crippen LogP) is 14.4. The molecule has 0 heterocycles. The Labute approximate surface area is 294 Å². The molecular formula is C38H24Br2Cl4. The van der Waals surface area contributed by atoms with Gasteiger partial charge >= 0.3 is 0 Å². The predicted molar refractivity (Wildman–Crippen MR) is 199 cm³/mol. The van der Waals surface area contributed by atoms with Crippen molar-refractivity contribution in [3.8, 4) is 55.6 Å². The summed E-state index contributed by atoms with van der Waals surface area (Å²) in [5, 5.41) is 4.03. The summed E-state index contributed by atoms with van der Waals surface area (Å²) in [6.45, 7) is 0. The number of rotatable bonds is 7. The molecule has 0 spiro atoms. The van der Waals surface area contributed by atoms with Crippen molar-refractivity contribution >= 4 is 78.3 Å². The lowest BCUT2D eigenvalue weighted by molar-refractivity contribution is 1.40. The Balaban J connectivity index is 1.85. The Kier molecular flexibility index (Phi) is 9.88. The molecule has 0 aromatic heterocycles. The van der Waals surface area contributed by atoms with Crippen LogP contribution in [0.25, 0.3) is 55.6 Å². The van der Waals surface area contributed by atoms with Crippen LogP contribution in [-0.4, -0.2) is 0 Å². The van der Waals surface area contributed by atoms with Crippen LogP contribution in [0.15, 0.2) is 121 Å². The number of alkyl halides is 2. The summed E-state index contributed by atoms with van der Waals surface area (Å²) in [4.78, 5) is 0. The van der Waals surface area contributed by atoms with Crippen molar-refractivity contribution in [3.05, 3.63) is 153 Å². The highest BCUT2D eigenvalue weighted by molar-refractivity contribution is 9.08. The maximum atomic E-state index is 6.61. The summed E-state index contributed by atoms with van der Waals surface area (Å²) in [6.07, 6.45) is 0. The zero-order chi connectivity index (χ0) is 30.8. The van der Waals surface area contributed by atoms with E-state index < -0.39 is 0 Å². The van der Waals surface area contributed by atoms with Gasteiger partial charge in [0, 0.05) is 30.8 Å². The number of hydrogen-bond acceptors (Lipinski definition) is 0. The third-order valence-electron chi connectivity index (χ3n) is 7.50. The van der Waals surface area contributed by atoms with Crippen molar-refractivity contribution in [1.82, 2.24) is 0 Å². The Morgan fingerprint density at radius 1 is 0.364 bits per heavy atom. The van der Waals surface area contributed by atoms with Gasteiger partial charge in [0.05, 0.1) is 0 Å². The Bertz CT molecular complexity index is 1720. The van der Waals surface area contributed by atoms with Crippen LogP contribution in [0.2, 0.25) is 20.1 Å². The molecule has 0 unspecified atom stereocenters. The minimum Gasteiger partial charge on any atom is -0.0876 e. The zero-order valence-corrected chi connectivity index (χ0v) is 29.4. The summed E-state index contributed by atoms with van der Waals surface area (Å²) < 4.78 is 0. The second kappa shape index (κ2) is 13.8. The molecule has 6 rings (SSSR count). The molecule has 0 fully saturated rings. The van der Waals surface area contributed by atoms with Crippen molar-refractivity contribution in [2.45, 2.75) is 10.7 Å². The molecule has 6 aromatic carbocycles. The van der Waals surface area contributed by atoms with E-state index in [-0.39, 0.29) is 0 Å². The van der Waals surface area contributed by atoms with Crippen LogP contribution in [0.5, 0.6) is 0 Å². The van der Waals surface area contributed by atoms with E-state index in [0.29, 0.717) is 30.8 Å². The fourth-order valence-corrected chi connectivity index (χ4v) is 7.04. The van der Waals surface area contributed by atoms with Gasteiger partial charge in [-0.2, -0.15) is 0 Å². The number of halogens is 6. The van der Waals surface area contributed by atoms with E-state index in [0.717, 1.165) is 66.8 Å². The average molecular weight is 782 g/mol. The van der Waals surface area contributed by atoms with Crippen LogP contribution in [0.4, 0.5) is 0 Å². The molecule has 218 valence electrons. The molecule has 0 saturated heterocycles. The van der Waals surface area contributed by atoms with E-state index in [1.807, 2.05) is 72.8 Å². The number of hydrogen-bond donors (Lipinski definition) is 0. The van der Waals surface area contributed by atoms with Crippen LogP contribution >= 0.6 is 78.3 Å². The third-order valence-corrected chi connectivity index (χ3v) is 9.73. The second-order valence-electron chi connectivity index (χ2n) is 10.4. The maximum absolute atomic E-state index is 6.61. The van der Waals surface area contributed by atoms with Gasteiger partial charge in [-0.05, 0) is 140 Å². The van der Waals surface area contributed by atoms with E-state index in [9.17, 15) is 0 Å². The van der Waals surface area contributed by atoms with Crippen LogP contribution in [0, 0.1) is 0 Å². The Hall–Kier alpha value is -2.56. The molecule has 0 radical (unpaired) electrons. The van der Waals surface area contributed by atoms with Gasteiger partial charge in [-0.1, -0.05) is 127 Å². The topological polar surface area (TPSA) is 0 Å². The first kappa shape index (κ1) is 31.4. The minimum absolute atomic E-state index is 0.668. The molecular weight excluding hydrogens is 758 g/mol. The molecule has 0 aliphatic carbocycles. The van der Waals surface area contributed by atoms with Crippen molar-refractivity contribution in [3.63, 3.8) is 0 Å². The highest BCUT2D eigenvalue weighted by atomic mass is 79.9. The number of benzene rings is 6. The summed E-state index contributed by atoms with van der Waals surface area (Å²) in [7, 11) is 0. The summed E-state index contributed by atoms with van der Waals surface area (Å²) >= 11 is 33.9. The fraction of sp³-hybridized carbons (Fsp3) is 0.0526. The molecule has 0 amide bonds. The highest BCUT2D eigenvalue weighted by Gasteiger charge is 2.24. The standard InChI is InChI=1S/C38H24Br2Cl4/c39-21-23-13-33(25-5-1-9-29(41)17-25)37(34(14-23)26-6-2-10-30(42)18-26)38-35(27-7-3-11-31(43)19-27)15-24(22-40)16-36(38)28-8-4-12-32(44)20-28/h1-20H,21-22H2. The van der Waals surface area contributed by atoms with Crippen molar-refractivity contribution in [1.29, 1.82) is 0 Å². The molecule has 0 atom stereocenters. The Morgan fingerprint density at radius 2 is 0.614 bits per heavy atom. The molecule has 0 aliphatic heterocycles. The quantitative estimate of drug-likeness (QED) is 0.142. The van der Waals surface area contributed by atoms with Crippen molar-refractivity contribution < 1.29 is 0 Å². The Morgan fingerprint density at radius 3 is 0.818 bits per heavy atom. The van der Waals surface area contributed by atoms with E-state index in [1.54, 1.807) is 0 Å². The highest BCUT2D eigenvalue weighted by Crippen LogP contribution is 2.50. The fourth-order valence-electron chi connectivity index (χ4n) is 5.63. The summed E-state index contributed by atoms with van der Waals surface area (Å²) in [6, 6.07) is 41.0. The molecule has 44 heavy (non-hydrogen) atoms. The molecule has 6 heteroatoms. The lowest BCUT2D eigenvalue weighted by atomic mass is 9.79. The van der Waals surface area contributed by atoms with Gasteiger partial charge < -0.3 is 0 Å². The van der Waals surface area contributed by atoms with Gasteiger partial charge in [0.15, 0.2) is 0 Å². The smallest absolute Gasteiger partial charge is 0.0412 e. The third kappa shape index (κ3) is 6.67. The van der Waals surface area contributed by atoms with Gasteiger partial charge in [0.2, 0.25) is 0 Å². The monoisotopic (exact) mass is 778 g/mol. The zero-order valence-electron chi connectivity index (χ0n) is 23.2. The van der Waals surface area contributed by atoms with Crippen molar-refractivity contribution in [2.75, 3.05) is 0 Å². The lowest BCUT2D eigenvalue weighted by Crippen LogP contribution is -1.99.